The van der Waals surface area contributed by atoms with Gasteiger partial charge in [0.1, 0.15) is 0 Å². The molecule has 0 fully saturated rings. The van der Waals surface area contributed by atoms with Crippen LogP contribution in [0.3, 0.4) is 0 Å². The molecule has 2 heteroatoms. The Hall–Kier alpha value is -3.46. The van der Waals surface area contributed by atoms with Crippen LogP contribution in [0.4, 0.5) is 0 Å². The van der Waals surface area contributed by atoms with Crippen molar-refractivity contribution in [1.29, 1.82) is 0 Å². The second-order valence-corrected chi connectivity index (χ2v) is 10.0. The van der Waals surface area contributed by atoms with Crippen molar-refractivity contribution in [3.05, 3.63) is 108 Å². The maximum Gasteiger partial charge on any atom is 0.0349 e. The molecule has 0 spiro atoms. The van der Waals surface area contributed by atoms with Crippen LogP contribution in [0.5, 0.6) is 0 Å². The van der Waals surface area contributed by atoms with Crippen LogP contribution in [0.15, 0.2) is 108 Å². The second-order valence-electron chi connectivity index (χ2n) is 8.12. The van der Waals surface area contributed by atoms with Crippen molar-refractivity contribution in [2.45, 2.75) is 0 Å². The molecule has 0 bridgehead atoms. The zero-order chi connectivity index (χ0) is 21.1. The number of hydrogen-bond acceptors (Lipinski definition) is 2. The van der Waals surface area contributed by atoms with Gasteiger partial charge < -0.3 is 0 Å². The van der Waals surface area contributed by atoms with E-state index < -0.39 is 0 Å². The highest BCUT2D eigenvalue weighted by molar-refractivity contribution is 7.17. The Morgan fingerprint density at radius 1 is 0.375 bits per heavy atom. The summed E-state index contributed by atoms with van der Waals surface area (Å²) in [5.74, 6) is 0. The molecule has 2 aromatic heterocycles. The van der Waals surface area contributed by atoms with Crippen LogP contribution in [0.25, 0.3) is 64.0 Å². The molecule has 0 atom stereocenters. The predicted molar refractivity (Wildman–Crippen MR) is 143 cm³/mol. The van der Waals surface area contributed by atoms with Crippen molar-refractivity contribution in [1.82, 2.24) is 0 Å². The first kappa shape index (κ1) is 18.1. The molecule has 0 aliphatic carbocycles. The van der Waals surface area contributed by atoms with Crippen LogP contribution in [-0.4, -0.2) is 0 Å². The van der Waals surface area contributed by atoms with E-state index in [1.165, 1.54) is 64.0 Å². The quantitative estimate of drug-likeness (QED) is 0.234. The topological polar surface area (TPSA) is 0 Å². The number of benzene rings is 5. The van der Waals surface area contributed by atoms with Crippen molar-refractivity contribution in [2.75, 3.05) is 0 Å². The fourth-order valence-electron chi connectivity index (χ4n) is 5.11. The molecule has 7 rings (SSSR count). The van der Waals surface area contributed by atoms with Gasteiger partial charge in [-0.2, -0.15) is 0 Å². The summed E-state index contributed by atoms with van der Waals surface area (Å²) < 4.78 is 2.68. The van der Waals surface area contributed by atoms with E-state index in [-0.39, 0.29) is 0 Å². The Labute approximate surface area is 194 Å². The van der Waals surface area contributed by atoms with Crippen LogP contribution >= 0.6 is 22.7 Å². The van der Waals surface area contributed by atoms with Gasteiger partial charge in [-0.3, -0.25) is 0 Å². The maximum atomic E-state index is 2.33. The van der Waals surface area contributed by atoms with Crippen molar-refractivity contribution < 1.29 is 0 Å². The van der Waals surface area contributed by atoms with Gasteiger partial charge in [0.2, 0.25) is 0 Å². The molecule has 32 heavy (non-hydrogen) atoms. The van der Waals surface area contributed by atoms with E-state index >= 15 is 0 Å². The summed E-state index contributed by atoms with van der Waals surface area (Å²) in [5.41, 5.74) is 5.21. The minimum Gasteiger partial charge on any atom is -0.144 e. The average molecular weight is 443 g/mol. The summed E-state index contributed by atoms with van der Waals surface area (Å²) in [5, 5.41) is 12.5. The molecule has 0 amide bonds. The van der Waals surface area contributed by atoms with Crippen LogP contribution in [0.2, 0.25) is 0 Å². The fourth-order valence-corrected chi connectivity index (χ4v) is 6.70. The van der Waals surface area contributed by atoms with Crippen LogP contribution in [0, 0.1) is 0 Å². The first-order chi connectivity index (χ1) is 15.9. The Balaban J connectivity index is 1.86. The van der Waals surface area contributed by atoms with Gasteiger partial charge in [0.05, 0.1) is 0 Å². The highest BCUT2D eigenvalue weighted by Crippen LogP contribution is 2.49. The van der Waals surface area contributed by atoms with Crippen molar-refractivity contribution in [3.63, 3.8) is 0 Å². The molecule has 7 aromatic rings. The first-order valence-corrected chi connectivity index (χ1v) is 12.5. The van der Waals surface area contributed by atoms with Gasteiger partial charge in [0.15, 0.2) is 0 Å². The maximum absolute atomic E-state index is 2.33. The molecule has 0 radical (unpaired) electrons. The van der Waals surface area contributed by atoms with Gasteiger partial charge in [0.25, 0.3) is 0 Å². The second kappa shape index (κ2) is 7.03. The lowest BCUT2D eigenvalue weighted by atomic mass is 9.83. The SMILES string of the molecule is c1ccc(-c2c(-c3ccccc3)c3c4ccsc4ccc3c3ccc4sccc4c23)cc1. The molecule has 0 saturated carbocycles. The summed E-state index contributed by atoms with van der Waals surface area (Å²) >= 11 is 3.64. The minimum atomic E-state index is 1.27. The predicted octanol–water partition coefficient (Wildman–Crippen LogP) is 9.76. The first-order valence-electron chi connectivity index (χ1n) is 10.8. The zero-order valence-electron chi connectivity index (χ0n) is 17.2. The number of rotatable bonds is 2. The third-order valence-electron chi connectivity index (χ3n) is 6.44. The fraction of sp³-hybridized carbons (Fsp3) is 0. The van der Waals surface area contributed by atoms with Crippen molar-refractivity contribution in [2.24, 2.45) is 0 Å². The van der Waals surface area contributed by atoms with Gasteiger partial charge in [-0.1, -0.05) is 72.8 Å². The minimum absolute atomic E-state index is 1.27. The monoisotopic (exact) mass is 442 g/mol. The van der Waals surface area contributed by atoms with Gasteiger partial charge in [-0.25, -0.2) is 0 Å². The molecular formula is C30H18S2. The molecular weight excluding hydrogens is 424 g/mol. The van der Waals surface area contributed by atoms with E-state index in [2.05, 4.69) is 108 Å². The van der Waals surface area contributed by atoms with Crippen LogP contribution in [-0.2, 0) is 0 Å². The lowest BCUT2D eigenvalue weighted by molar-refractivity contribution is 1.64. The van der Waals surface area contributed by atoms with Crippen LogP contribution in [0.1, 0.15) is 0 Å². The normalized spacial score (nSPS) is 11.8. The largest absolute Gasteiger partial charge is 0.144 e. The number of fused-ring (bicyclic) bond motifs is 7. The molecule has 0 aliphatic rings. The molecule has 0 nitrogen and oxygen atoms in total. The molecule has 0 N–H and O–H groups in total. The van der Waals surface area contributed by atoms with Gasteiger partial charge in [0, 0.05) is 20.2 Å². The van der Waals surface area contributed by atoms with E-state index in [0.717, 1.165) is 0 Å². The van der Waals surface area contributed by atoms with E-state index in [4.69, 9.17) is 0 Å². The average Bonchev–Trinajstić information content (AvgIpc) is 3.53. The number of thiophene rings is 2. The number of hydrogen-bond donors (Lipinski definition) is 0. The summed E-state index contributed by atoms with van der Waals surface area (Å²) in [6.45, 7) is 0. The standard InChI is InChI=1S/C30H18S2/c1-3-7-19(8-4-1)27-28(20-9-5-2-6-10-20)30-22(12-14-26-24(30)16-18-32-26)21-11-13-25-23(29(21)27)15-17-31-25/h1-18H. The van der Waals surface area contributed by atoms with Gasteiger partial charge in [-0.05, 0) is 78.8 Å². The molecule has 5 aromatic carbocycles. The molecule has 0 unspecified atom stereocenters. The van der Waals surface area contributed by atoms with E-state index in [9.17, 15) is 0 Å². The molecule has 0 aliphatic heterocycles. The summed E-state index contributed by atoms with van der Waals surface area (Å²) in [7, 11) is 0. The molecule has 0 saturated heterocycles. The molecule has 150 valence electrons. The van der Waals surface area contributed by atoms with Crippen LogP contribution < -0.4 is 0 Å². The molecule has 2 heterocycles. The summed E-state index contributed by atoms with van der Waals surface area (Å²) in [4.78, 5) is 0. The summed E-state index contributed by atoms with van der Waals surface area (Å²) in [6.07, 6.45) is 0. The van der Waals surface area contributed by atoms with E-state index in [0.29, 0.717) is 0 Å². The van der Waals surface area contributed by atoms with Crippen molar-refractivity contribution in [3.8, 4) is 22.3 Å². The highest BCUT2D eigenvalue weighted by Gasteiger charge is 2.21. The Morgan fingerprint density at radius 3 is 1.25 bits per heavy atom. The third kappa shape index (κ3) is 2.54. The zero-order valence-corrected chi connectivity index (χ0v) is 18.8. The van der Waals surface area contributed by atoms with E-state index in [1.807, 2.05) is 22.7 Å². The van der Waals surface area contributed by atoms with E-state index in [1.54, 1.807) is 0 Å². The Morgan fingerprint density at radius 2 is 0.812 bits per heavy atom. The smallest absolute Gasteiger partial charge is 0.0349 e. The third-order valence-corrected chi connectivity index (χ3v) is 8.20. The lowest BCUT2D eigenvalue weighted by Gasteiger charge is -2.20. The lowest BCUT2D eigenvalue weighted by Crippen LogP contribution is -1.92. The Bertz CT molecular complexity index is 1620. The summed E-state index contributed by atoms with van der Waals surface area (Å²) in [6, 6.07) is 35.7. The van der Waals surface area contributed by atoms with Gasteiger partial charge >= 0.3 is 0 Å². The van der Waals surface area contributed by atoms with Crippen molar-refractivity contribution >= 4 is 64.4 Å². The highest BCUT2D eigenvalue weighted by atomic mass is 32.1. The van der Waals surface area contributed by atoms with Gasteiger partial charge in [-0.15, -0.1) is 22.7 Å². The Kier molecular flexibility index (Phi) is 3.98.